The van der Waals surface area contributed by atoms with Crippen molar-refractivity contribution in [3.8, 4) is 11.5 Å². The average Bonchev–Trinajstić information content (AvgIpc) is 2.48. The molecule has 0 bridgehead atoms. The number of hydrogen-bond donors (Lipinski definition) is 2. The number of benzene rings is 1. The molecule has 0 aromatic heterocycles. The highest BCUT2D eigenvalue weighted by Crippen LogP contribution is 2.54. The number of rotatable bonds is 3. The van der Waals surface area contributed by atoms with Crippen LogP contribution in [0.25, 0.3) is 0 Å². The predicted molar refractivity (Wildman–Crippen MR) is 96.6 cm³/mol. The van der Waals surface area contributed by atoms with Crippen LogP contribution in [-0.4, -0.2) is 21.9 Å². The number of aliphatic hydroxyl groups is 1. The van der Waals surface area contributed by atoms with Gasteiger partial charge >= 0.3 is 0 Å². The molecule has 0 spiro atoms. The van der Waals surface area contributed by atoms with Gasteiger partial charge in [-0.2, -0.15) is 0 Å². The van der Waals surface area contributed by atoms with Gasteiger partial charge in [0.05, 0.1) is 6.10 Å². The molecule has 1 aromatic rings. The molecule has 4 unspecified atom stereocenters. The second kappa shape index (κ2) is 6.11. The van der Waals surface area contributed by atoms with E-state index in [0.717, 1.165) is 36.1 Å². The first kappa shape index (κ1) is 17.3. The zero-order valence-corrected chi connectivity index (χ0v) is 15.5. The molecule has 0 amide bonds. The number of ether oxygens (including phenoxy) is 1. The molecule has 132 valence electrons. The van der Waals surface area contributed by atoms with Crippen LogP contribution < -0.4 is 4.74 Å². The number of aromatic hydroxyl groups is 1. The third-order valence-electron chi connectivity index (χ3n) is 5.94. The minimum Gasteiger partial charge on any atom is -0.507 e. The molecule has 24 heavy (non-hydrogen) atoms. The van der Waals surface area contributed by atoms with E-state index in [1.165, 1.54) is 5.57 Å². The van der Waals surface area contributed by atoms with Gasteiger partial charge in [-0.3, -0.25) is 0 Å². The molecule has 0 saturated heterocycles. The Kier molecular flexibility index (Phi) is 4.41. The summed E-state index contributed by atoms with van der Waals surface area (Å²) in [6.07, 6.45) is 4.92. The van der Waals surface area contributed by atoms with Gasteiger partial charge in [0.25, 0.3) is 0 Å². The van der Waals surface area contributed by atoms with E-state index < -0.39 is 11.7 Å². The van der Waals surface area contributed by atoms with Crippen LogP contribution in [0.5, 0.6) is 11.5 Å². The first-order valence-corrected chi connectivity index (χ1v) is 9.17. The number of aryl methyl sites for hydroxylation is 1. The number of allylic oxidation sites excluding steroid dienone is 1. The highest BCUT2D eigenvalue weighted by molar-refractivity contribution is 5.54. The Balaban J connectivity index is 2.11. The fourth-order valence-electron chi connectivity index (χ4n) is 4.40. The van der Waals surface area contributed by atoms with Crippen molar-refractivity contribution in [2.24, 2.45) is 11.8 Å². The van der Waals surface area contributed by atoms with E-state index in [9.17, 15) is 10.2 Å². The molecule has 3 rings (SSSR count). The molecule has 3 nitrogen and oxygen atoms in total. The molecule has 1 aliphatic carbocycles. The van der Waals surface area contributed by atoms with E-state index in [1.54, 1.807) is 0 Å². The minimum absolute atomic E-state index is 0.00447. The van der Waals surface area contributed by atoms with Crippen LogP contribution in [0.3, 0.4) is 0 Å². The number of fused-ring (bicyclic) bond motifs is 3. The van der Waals surface area contributed by atoms with E-state index in [4.69, 9.17) is 4.74 Å². The monoisotopic (exact) mass is 330 g/mol. The van der Waals surface area contributed by atoms with Gasteiger partial charge in [-0.15, -0.1) is 0 Å². The number of aliphatic hydroxyl groups excluding tert-OH is 1. The normalized spacial score (nSPS) is 30.8. The summed E-state index contributed by atoms with van der Waals surface area (Å²) in [6.45, 7) is 10.4. The lowest BCUT2D eigenvalue weighted by atomic mass is 9.63. The van der Waals surface area contributed by atoms with Gasteiger partial charge in [-0.1, -0.05) is 31.9 Å². The number of phenols is 1. The van der Waals surface area contributed by atoms with Crippen molar-refractivity contribution in [3.63, 3.8) is 0 Å². The highest BCUT2D eigenvalue weighted by Gasteiger charge is 2.51. The van der Waals surface area contributed by atoms with Gasteiger partial charge in [0.15, 0.2) is 0 Å². The Morgan fingerprint density at radius 2 is 1.96 bits per heavy atom. The fourth-order valence-corrected chi connectivity index (χ4v) is 4.40. The second-order valence-electron chi connectivity index (χ2n) is 8.08. The van der Waals surface area contributed by atoms with Gasteiger partial charge in [0.1, 0.15) is 17.1 Å². The quantitative estimate of drug-likeness (QED) is 0.799. The summed E-state index contributed by atoms with van der Waals surface area (Å²) in [7, 11) is 0. The van der Waals surface area contributed by atoms with Crippen molar-refractivity contribution in [2.45, 2.75) is 71.5 Å². The molecule has 0 fully saturated rings. The second-order valence-corrected chi connectivity index (χ2v) is 8.08. The Labute approximate surface area is 145 Å². The molecule has 0 radical (unpaired) electrons. The van der Waals surface area contributed by atoms with E-state index in [1.807, 2.05) is 19.9 Å². The Morgan fingerprint density at radius 3 is 2.62 bits per heavy atom. The molecule has 1 aliphatic heterocycles. The van der Waals surface area contributed by atoms with Crippen LogP contribution in [-0.2, 0) is 6.42 Å². The van der Waals surface area contributed by atoms with E-state index in [2.05, 4.69) is 32.9 Å². The maximum absolute atomic E-state index is 10.9. The van der Waals surface area contributed by atoms with E-state index >= 15 is 0 Å². The summed E-state index contributed by atoms with van der Waals surface area (Å²) in [4.78, 5) is 0. The van der Waals surface area contributed by atoms with Crippen molar-refractivity contribution < 1.29 is 14.9 Å². The van der Waals surface area contributed by atoms with Crippen LogP contribution in [0.2, 0.25) is 0 Å². The van der Waals surface area contributed by atoms with Crippen molar-refractivity contribution in [2.75, 3.05) is 0 Å². The zero-order chi connectivity index (χ0) is 17.6. The lowest BCUT2D eigenvalue weighted by Gasteiger charge is -2.50. The number of hydrogen-bond acceptors (Lipinski definition) is 3. The maximum atomic E-state index is 10.9. The number of phenolic OH excluding ortho intramolecular Hbond substituents is 1. The van der Waals surface area contributed by atoms with Gasteiger partial charge in [0.2, 0.25) is 0 Å². The predicted octanol–water partition coefficient (Wildman–Crippen LogP) is 4.56. The van der Waals surface area contributed by atoms with Crippen molar-refractivity contribution in [1.82, 2.24) is 0 Å². The Morgan fingerprint density at radius 1 is 1.25 bits per heavy atom. The van der Waals surface area contributed by atoms with E-state index in [-0.39, 0.29) is 17.8 Å². The van der Waals surface area contributed by atoms with Crippen molar-refractivity contribution in [1.29, 1.82) is 0 Å². The summed E-state index contributed by atoms with van der Waals surface area (Å²) < 4.78 is 6.29. The maximum Gasteiger partial charge on any atom is 0.127 e. The minimum atomic E-state index is -0.474. The molecule has 1 aromatic carbocycles. The Bertz CT molecular complexity index is 659. The molecule has 2 N–H and O–H groups in total. The molecular formula is C21H30O3. The van der Waals surface area contributed by atoms with Crippen molar-refractivity contribution in [3.05, 3.63) is 34.9 Å². The topological polar surface area (TPSA) is 49.7 Å². The molecule has 1 heterocycles. The lowest BCUT2D eigenvalue weighted by Crippen LogP contribution is -2.53. The van der Waals surface area contributed by atoms with Gasteiger partial charge < -0.3 is 14.9 Å². The summed E-state index contributed by atoms with van der Waals surface area (Å²) in [5.41, 5.74) is 2.66. The first-order chi connectivity index (χ1) is 11.3. The molecule has 2 aliphatic rings. The van der Waals surface area contributed by atoms with Crippen LogP contribution in [0.15, 0.2) is 23.8 Å². The molecule has 3 heteroatoms. The zero-order valence-electron chi connectivity index (χ0n) is 15.5. The summed E-state index contributed by atoms with van der Waals surface area (Å²) in [6, 6.07) is 3.96. The van der Waals surface area contributed by atoms with Gasteiger partial charge in [-0.05, 0) is 51.3 Å². The third-order valence-corrected chi connectivity index (χ3v) is 5.94. The summed E-state index contributed by atoms with van der Waals surface area (Å²) >= 11 is 0. The van der Waals surface area contributed by atoms with Crippen LogP contribution in [0, 0.1) is 11.8 Å². The van der Waals surface area contributed by atoms with Crippen LogP contribution in [0.4, 0.5) is 0 Å². The molecular weight excluding hydrogens is 300 g/mol. The highest BCUT2D eigenvalue weighted by atomic mass is 16.5. The standard InChI is InChI=1S/C21H30O3/c1-6-7-8-14-10-16(22)18-15-9-12(2)13(3)20(23)19(15)21(4,5)24-17(18)11-14/h9-11,13,15,19-20,22-23H,6-8H2,1-5H3. The molecule has 0 saturated carbocycles. The summed E-state index contributed by atoms with van der Waals surface area (Å²) in [5, 5.41) is 21.6. The summed E-state index contributed by atoms with van der Waals surface area (Å²) in [5.74, 6) is 1.13. The lowest BCUT2D eigenvalue weighted by molar-refractivity contribution is -0.0685. The largest absolute Gasteiger partial charge is 0.507 e. The average molecular weight is 330 g/mol. The first-order valence-electron chi connectivity index (χ1n) is 9.17. The van der Waals surface area contributed by atoms with Crippen LogP contribution >= 0.6 is 0 Å². The third kappa shape index (κ3) is 2.73. The van der Waals surface area contributed by atoms with Crippen molar-refractivity contribution >= 4 is 0 Å². The van der Waals surface area contributed by atoms with Crippen LogP contribution in [0.1, 0.15) is 64.5 Å². The SMILES string of the molecule is CCCCc1cc(O)c2c(c1)OC(C)(C)C1C2C=C(C)C(C)C1O. The molecule has 4 atom stereocenters. The Hall–Kier alpha value is -1.48. The fraction of sp³-hybridized carbons (Fsp3) is 0.619. The number of unbranched alkanes of at least 4 members (excludes halogenated alkanes) is 1. The van der Waals surface area contributed by atoms with Gasteiger partial charge in [-0.25, -0.2) is 0 Å². The van der Waals surface area contributed by atoms with Gasteiger partial charge in [0, 0.05) is 23.3 Å². The smallest absolute Gasteiger partial charge is 0.127 e. The van der Waals surface area contributed by atoms with E-state index in [0.29, 0.717) is 5.75 Å².